The van der Waals surface area contributed by atoms with E-state index in [1.807, 2.05) is 13.7 Å². The Hall–Kier alpha value is -2.09. The third-order valence-corrected chi connectivity index (χ3v) is 3.84. The maximum absolute atomic E-state index is 12.3. The first-order valence-corrected chi connectivity index (χ1v) is 9.31. The van der Waals surface area contributed by atoms with Crippen molar-refractivity contribution in [1.82, 2.24) is 14.5 Å². The number of benzene rings is 1. The van der Waals surface area contributed by atoms with E-state index in [9.17, 15) is 4.79 Å². The highest BCUT2D eigenvalue weighted by molar-refractivity contribution is 6.40. The van der Waals surface area contributed by atoms with Crippen LogP contribution in [0.3, 0.4) is 0 Å². The maximum atomic E-state index is 12.3. The summed E-state index contributed by atoms with van der Waals surface area (Å²) >= 11 is 18.0. The number of amides is 1. The van der Waals surface area contributed by atoms with E-state index in [0.29, 0.717) is 33.9 Å². The van der Waals surface area contributed by atoms with Gasteiger partial charge in [0.15, 0.2) is 5.75 Å². The van der Waals surface area contributed by atoms with Gasteiger partial charge in [0, 0.05) is 24.0 Å². The minimum atomic E-state index is -0.152. The van der Waals surface area contributed by atoms with Gasteiger partial charge >= 0.3 is 6.03 Å². The maximum Gasteiger partial charge on any atom is 0.329 e. The van der Waals surface area contributed by atoms with E-state index in [2.05, 4.69) is 4.98 Å². The van der Waals surface area contributed by atoms with Crippen LogP contribution in [0.4, 0.5) is 4.79 Å². The normalized spacial score (nSPS) is 9.32. The molecule has 1 heterocycles. The quantitative estimate of drug-likeness (QED) is 0.600. The third kappa shape index (κ3) is 8.73. The van der Waals surface area contributed by atoms with Gasteiger partial charge in [0.25, 0.3) is 0 Å². The zero-order valence-corrected chi connectivity index (χ0v) is 17.9. The van der Waals surface area contributed by atoms with Crippen molar-refractivity contribution in [1.29, 1.82) is 0 Å². The molecule has 1 amide bonds. The highest BCUT2D eigenvalue weighted by atomic mass is 35.5. The predicted molar refractivity (Wildman–Crippen MR) is 111 cm³/mol. The number of ether oxygens (including phenoxy) is 1. The number of aldehydes is 1. The topological polar surface area (TPSA) is 81.5 Å². The molecule has 0 radical (unpaired) electrons. The van der Waals surface area contributed by atoms with E-state index in [0.717, 1.165) is 12.7 Å². The van der Waals surface area contributed by atoms with Crippen molar-refractivity contribution in [3.63, 3.8) is 0 Å². The van der Waals surface area contributed by atoms with E-state index in [4.69, 9.17) is 49.1 Å². The molecular weight excluding hydrogens is 429 g/mol. The molecule has 0 aliphatic heterocycles. The molecule has 10 heteroatoms. The molecule has 0 saturated carbocycles. The van der Waals surface area contributed by atoms with Gasteiger partial charge in [-0.25, -0.2) is 9.78 Å². The zero-order valence-electron chi connectivity index (χ0n) is 15.6. The average molecular weight is 451 g/mol. The van der Waals surface area contributed by atoms with Crippen molar-refractivity contribution < 1.29 is 19.1 Å². The molecule has 0 aliphatic carbocycles. The molecule has 0 saturated heterocycles. The molecule has 0 atom stereocenters. The number of aromatic nitrogens is 2. The standard InChI is InChI=1S/C15H16Cl3N3O2.C2H4O.CH2O/c1-2-4-20(15(22)21-5-3-19-10-21)6-7-23-14-12(17)8-11(16)9-13(14)18;1-2-3;1-2/h3,5,8-10H,2,4,6-7H2,1H3;2H,1H3;1H2. The van der Waals surface area contributed by atoms with Crippen LogP contribution >= 0.6 is 34.8 Å². The van der Waals surface area contributed by atoms with Crippen LogP contribution in [0.5, 0.6) is 5.75 Å². The Morgan fingerprint density at radius 1 is 1.25 bits per heavy atom. The van der Waals surface area contributed by atoms with Gasteiger partial charge in [-0.1, -0.05) is 41.7 Å². The van der Waals surface area contributed by atoms with Gasteiger partial charge in [0.1, 0.15) is 26.0 Å². The van der Waals surface area contributed by atoms with Gasteiger partial charge in [-0.05, 0) is 25.5 Å². The SMILES string of the molecule is C=O.CC=O.CCCN(CCOc1c(Cl)cc(Cl)cc1Cl)C(=O)n1ccnc1. The summed E-state index contributed by atoms with van der Waals surface area (Å²) in [4.78, 5) is 34.7. The summed E-state index contributed by atoms with van der Waals surface area (Å²) in [5.41, 5.74) is 0. The van der Waals surface area contributed by atoms with E-state index in [1.165, 1.54) is 17.8 Å². The summed E-state index contributed by atoms with van der Waals surface area (Å²) in [6, 6.07) is 2.97. The minimum Gasteiger partial charge on any atom is -0.489 e. The van der Waals surface area contributed by atoms with Crippen molar-refractivity contribution in [2.45, 2.75) is 20.3 Å². The van der Waals surface area contributed by atoms with Crippen molar-refractivity contribution >= 4 is 53.9 Å². The Morgan fingerprint density at radius 3 is 2.29 bits per heavy atom. The molecule has 1 aromatic heterocycles. The lowest BCUT2D eigenvalue weighted by Gasteiger charge is -2.22. The largest absolute Gasteiger partial charge is 0.489 e. The fraction of sp³-hybridized carbons (Fsp3) is 0.333. The summed E-state index contributed by atoms with van der Waals surface area (Å²) in [6.07, 6.45) is 6.23. The Morgan fingerprint density at radius 2 is 1.82 bits per heavy atom. The van der Waals surface area contributed by atoms with Gasteiger partial charge in [-0.15, -0.1) is 0 Å². The minimum absolute atomic E-state index is 0.152. The van der Waals surface area contributed by atoms with Crippen molar-refractivity contribution in [3.05, 3.63) is 45.9 Å². The average Bonchev–Trinajstić information content (AvgIpc) is 3.19. The van der Waals surface area contributed by atoms with Gasteiger partial charge in [0.05, 0.1) is 16.6 Å². The van der Waals surface area contributed by atoms with Crippen LogP contribution in [-0.2, 0) is 9.59 Å². The second kappa shape index (κ2) is 14.9. The lowest BCUT2D eigenvalue weighted by molar-refractivity contribution is -0.106. The first-order chi connectivity index (χ1) is 13.4. The number of hydrogen-bond donors (Lipinski definition) is 0. The second-order valence-corrected chi connectivity index (χ2v) is 6.27. The lowest BCUT2D eigenvalue weighted by atomic mass is 10.3. The molecule has 154 valence electrons. The van der Waals surface area contributed by atoms with Crippen LogP contribution in [0, 0.1) is 0 Å². The number of carbonyl (C=O) groups is 3. The monoisotopic (exact) mass is 449 g/mol. The van der Waals surface area contributed by atoms with Gasteiger partial charge in [0.2, 0.25) is 0 Å². The molecule has 0 aliphatic rings. The Bertz CT molecular complexity index is 704. The molecular formula is C18H22Cl3N3O4. The van der Waals surface area contributed by atoms with E-state index >= 15 is 0 Å². The van der Waals surface area contributed by atoms with Crippen molar-refractivity contribution in [2.75, 3.05) is 19.7 Å². The summed E-state index contributed by atoms with van der Waals surface area (Å²) in [5.74, 6) is 0.365. The summed E-state index contributed by atoms with van der Waals surface area (Å²) < 4.78 is 7.05. The van der Waals surface area contributed by atoms with E-state index < -0.39 is 0 Å². The molecule has 7 nitrogen and oxygen atoms in total. The number of nitrogens with zero attached hydrogens (tertiary/aromatic N) is 3. The highest BCUT2D eigenvalue weighted by Gasteiger charge is 2.15. The fourth-order valence-corrected chi connectivity index (χ4v) is 2.96. The van der Waals surface area contributed by atoms with E-state index in [1.54, 1.807) is 29.4 Å². The van der Waals surface area contributed by atoms with E-state index in [-0.39, 0.29) is 12.6 Å². The zero-order chi connectivity index (χ0) is 21.5. The predicted octanol–water partition coefficient (Wildman–Crippen LogP) is 4.62. The smallest absolute Gasteiger partial charge is 0.329 e. The molecule has 0 N–H and O–H groups in total. The first kappa shape index (κ1) is 25.9. The lowest BCUT2D eigenvalue weighted by Crippen LogP contribution is -2.37. The summed E-state index contributed by atoms with van der Waals surface area (Å²) in [6.45, 7) is 6.73. The van der Waals surface area contributed by atoms with Crippen LogP contribution in [0.2, 0.25) is 15.1 Å². The molecule has 0 unspecified atom stereocenters. The first-order valence-electron chi connectivity index (χ1n) is 8.17. The van der Waals surface area contributed by atoms with Gasteiger partial charge in [-0.3, -0.25) is 4.57 Å². The van der Waals surface area contributed by atoms with Crippen molar-refractivity contribution in [3.8, 4) is 5.75 Å². The number of hydrogen-bond acceptors (Lipinski definition) is 5. The Balaban J connectivity index is 0.00000133. The molecule has 2 rings (SSSR count). The third-order valence-electron chi connectivity index (χ3n) is 3.06. The Labute approximate surface area is 179 Å². The number of imidazole rings is 1. The summed E-state index contributed by atoms with van der Waals surface area (Å²) in [7, 11) is 0. The van der Waals surface area contributed by atoms with Crippen LogP contribution in [0.25, 0.3) is 0 Å². The molecule has 0 bridgehead atoms. The van der Waals surface area contributed by atoms with Crippen LogP contribution in [0.15, 0.2) is 30.9 Å². The molecule has 0 fully saturated rings. The van der Waals surface area contributed by atoms with Crippen LogP contribution < -0.4 is 4.74 Å². The Kier molecular flexibility index (Phi) is 13.8. The number of halogens is 3. The molecule has 2 aromatic rings. The van der Waals surface area contributed by atoms with Crippen molar-refractivity contribution in [2.24, 2.45) is 0 Å². The van der Waals surface area contributed by atoms with Crippen LogP contribution in [-0.4, -0.2) is 53.3 Å². The van der Waals surface area contributed by atoms with Gasteiger partial charge in [-0.2, -0.15) is 0 Å². The molecule has 1 aromatic carbocycles. The van der Waals surface area contributed by atoms with Gasteiger partial charge < -0.3 is 19.2 Å². The van der Waals surface area contributed by atoms with Crippen LogP contribution in [0.1, 0.15) is 20.3 Å². The highest BCUT2D eigenvalue weighted by Crippen LogP contribution is 2.35. The molecule has 28 heavy (non-hydrogen) atoms. The summed E-state index contributed by atoms with van der Waals surface area (Å²) in [5, 5.41) is 1.12. The number of rotatable bonds is 6. The fourth-order valence-electron chi connectivity index (χ4n) is 2.03. The number of carbonyl (C=O) groups excluding carboxylic acids is 3. The molecule has 0 spiro atoms. The second-order valence-electron chi connectivity index (χ2n) is 5.02.